The maximum atomic E-state index is 12.9. The Morgan fingerprint density at radius 1 is 1.31 bits per heavy atom. The summed E-state index contributed by atoms with van der Waals surface area (Å²) in [6.07, 6.45) is 0. The van der Waals surface area contributed by atoms with Crippen LogP contribution in [-0.4, -0.2) is 22.1 Å². The van der Waals surface area contributed by atoms with E-state index >= 15 is 0 Å². The van der Waals surface area contributed by atoms with Crippen molar-refractivity contribution in [1.82, 2.24) is 0 Å². The van der Waals surface area contributed by atoms with Crippen LogP contribution in [-0.2, 0) is 21.3 Å². The lowest BCUT2D eigenvalue weighted by atomic mass is 10.4. The molecule has 0 fully saturated rings. The van der Waals surface area contributed by atoms with Crippen LogP contribution in [0, 0.1) is 0 Å². The van der Waals surface area contributed by atoms with Gasteiger partial charge in [0, 0.05) is 5.02 Å². The number of alkyl halides is 2. The summed E-state index contributed by atoms with van der Waals surface area (Å²) in [5, 5.41) is 0.218. The predicted molar refractivity (Wildman–Crippen MR) is 54.4 cm³/mol. The summed E-state index contributed by atoms with van der Waals surface area (Å²) in [4.78, 5) is -0.452. The van der Waals surface area contributed by atoms with Crippen LogP contribution in [0.1, 0.15) is 0 Å². The molecule has 0 heterocycles. The van der Waals surface area contributed by atoms with E-state index in [4.69, 9.17) is 16.2 Å². The molecule has 9 heteroatoms. The zero-order chi connectivity index (χ0) is 12.6. The molecule has 0 spiro atoms. The van der Waals surface area contributed by atoms with Crippen molar-refractivity contribution in [2.24, 2.45) is 0 Å². The van der Waals surface area contributed by atoms with Gasteiger partial charge in [-0.2, -0.15) is 8.42 Å². The first-order valence-electron chi connectivity index (χ1n) is 3.68. The second-order valence-corrected chi connectivity index (χ2v) is 6.34. The van der Waals surface area contributed by atoms with Crippen LogP contribution >= 0.6 is 11.6 Å². The molecule has 4 nitrogen and oxygen atoms in total. The zero-order valence-corrected chi connectivity index (χ0v) is 9.82. The third-order valence-electron chi connectivity index (χ3n) is 1.54. The fourth-order valence-corrected chi connectivity index (χ4v) is 2.63. The van der Waals surface area contributed by atoms with Crippen LogP contribution in [0.2, 0.25) is 5.02 Å². The molecule has 0 aliphatic rings. The Hall–Kier alpha value is -0.410. The van der Waals surface area contributed by atoms with Gasteiger partial charge in [-0.3, -0.25) is 4.55 Å². The number of halogens is 3. The maximum Gasteiger partial charge on any atom is 0.542 e. The highest BCUT2D eigenvalue weighted by molar-refractivity contribution is 8.07. The van der Waals surface area contributed by atoms with Gasteiger partial charge in [0.1, 0.15) is 0 Å². The molecule has 1 rings (SSSR count). The molecule has 0 aliphatic heterocycles. The van der Waals surface area contributed by atoms with Gasteiger partial charge in [0.2, 0.25) is 0 Å². The summed E-state index contributed by atoms with van der Waals surface area (Å²) in [7, 11) is -5.73. The minimum absolute atomic E-state index is 0.218. The van der Waals surface area contributed by atoms with Gasteiger partial charge in [-0.05, 0) is 24.3 Å². The van der Waals surface area contributed by atoms with Gasteiger partial charge in [0.15, 0.2) is 4.90 Å². The monoisotopic (exact) mass is 290 g/mol. The van der Waals surface area contributed by atoms with Crippen LogP contribution in [0.3, 0.4) is 0 Å². The highest BCUT2D eigenvalue weighted by atomic mass is 35.5. The van der Waals surface area contributed by atoms with Gasteiger partial charge in [0.25, 0.3) is 0 Å². The third kappa shape index (κ3) is 2.64. The van der Waals surface area contributed by atoms with Gasteiger partial charge in [0.05, 0.1) is 11.2 Å². The van der Waals surface area contributed by atoms with E-state index in [2.05, 4.69) is 0 Å². The molecule has 16 heavy (non-hydrogen) atoms. The largest absolute Gasteiger partial charge is 0.606 e. The van der Waals surface area contributed by atoms with E-state index in [9.17, 15) is 21.8 Å². The standard InChI is InChI=1S/C7H5ClF2O4S2/c8-5-1-3-6(4-2-5)15(11)7(9,10)16(12,13)14/h1-4H,(H,12,13,14). The summed E-state index contributed by atoms with van der Waals surface area (Å²) in [5.41, 5.74) is 0. The number of benzene rings is 1. The van der Waals surface area contributed by atoms with Gasteiger partial charge < -0.3 is 4.55 Å². The molecule has 1 N–H and O–H groups in total. The topological polar surface area (TPSA) is 77.4 Å². The smallest absolute Gasteiger partial charge is 0.542 e. The summed E-state index contributed by atoms with van der Waals surface area (Å²) in [6.45, 7) is 0. The van der Waals surface area contributed by atoms with Crippen molar-refractivity contribution in [3.05, 3.63) is 29.3 Å². The Labute approximate surface area is 98.2 Å². The third-order valence-corrected chi connectivity index (χ3v) is 4.61. The van der Waals surface area contributed by atoms with E-state index in [-0.39, 0.29) is 5.02 Å². The molecular weight excluding hydrogens is 286 g/mol. The summed E-state index contributed by atoms with van der Waals surface area (Å²) < 4.78 is 61.2. The van der Waals surface area contributed by atoms with Crippen molar-refractivity contribution in [3.8, 4) is 0 Å². The molecule has 0 bridgehead atoms. The van der Waals surface area contributed by atoms with Crippen molar-refractivity contribution in [2.75, 3.05) is 0 Å². The van der Waals surface area contributed by atoms with Crippen LogP contribution in [0.4, 0.5) is 8.78 Å². The number of hydrogen-bond donors (Lipinski definition) is 1. The lowest BCUT2D eigenvalue weighted by Crippen LogP contribution is -2.37. The molecular formula is C7H5ClF2O4S2. The highest BCUT2D eigenvalue weighted by Gasteiger charge is 2.58. The van der Waals surface area contributed by atoms with Crippen LogP contribution in [0.25, 0.3) is 0 Å². The zero-order valence-electron chi connectivity index (χ0n) is 7.43. The predicted octanol–water partition coefficient (Wildman–Crippen LogP) is 1.89. The van der Waals surface area contributed by atoms with Gasteiger partial charge in [-0.25, -0.2) is 0 Å². The molecule has 1 aromatic carbocycles. The summed E-state index contributed by atoms with van der Waals surface area (Å²) >= 11 is 2.27. The Bertz CT molecular complexity index is 474. The van der Waals surface area contributed by atoms with Crippen molar-refractivity contribution < 1.29 is 26.3 Å². The lowest BCUT2D eigenvalue weighted by molar-refractivity contribution is 0.166. The van der Waals surface area contributed by atoms with E-state index in [0.717, 1.165) is 12.1 Å². The Balaban J connectivity index is 3.12. The molecule has 1 aromatic rings. The van der Waals surface area contributed by atoms with Gasteiger partial charge in [-0.1, -0.05) is 11.6 Å². The van der Waals surface area contributed by atoms with E-state index in [1.165, 1.54) is 12.1 Å². The Morgan fingerprint density at radius 2 is 1.75 bits per heavy atom. The maximum absolute atomic E-state index is 12.9. The lowest BCUT2D eigenvalue weighted by Gasteiger charge is -2.16. The van der Waals surface area contributed by atoms with Gasteiger partial charge >= 0.3 is 14.7 Å². The molecule has 0 aromatic heterocycles. The molecule has 1 atom stereocenters. The van der Waals surface area contributed by atoms with Crippen LogP contribution < -0.4 is 0 Å². The number of rotatable bonds is 3. The first kappa shape index (κ1) is 13.7. The fourth-order valence-electron chi connectivity index (χ4n) is 0.791. The van der Waals surface area contributed by atoms with Crippen LogP contribution in [0.5, 0.6) is 0 Å². The average Bonchev–Trinajstić information content (AvgIpc) is 2.16. The second kappa shape index (κ2) is 4.46. The van der Waals surface area contributed by atoms with E-state index in [1.807, 2.05) is 0 Å². The summed E-state index contributed by atoms with van der Waals surface area (Å²) in [6, 6.07) is 4.32. The molecule has 0 saturated heterocycles. The average molecular weight is 291 g/mol. The normalized spacial score (nSPS) is 14.8. The van der Waals surface area contributed by atoms with Crippen molar-refractivity contribution in [1.29, 1.82) is 0 Å². The van der Waals surface area contributed by atoms with E-state index < -0.39 is 30.8 Å². The molecule has 0 aliphatic carbocycles. The molecule has 90 valence electrons. The molecule has 0 amide bonds. The molecule has 0 saturated carbocycles. The van der Waals surface area contributed by atoms with Crippen molar-refractivity contribution >= 4 is 32.9 Å². The van der Waals surface area contributed by atoms with E-state index in [1.54, 1.807) is 0 Å². The molecule has 1 unspecified atom stereocenters. The van der Waals surface area contributed by atoms with Crippen molar-refractivity contribution in [2.45, 2.75) is 9.48 Å². The minimum Gasteiger partial charge on any atom is -0.606 e. The minimum atomic E-state index is -5.73. The Kier molecular flexibility index (Phi) is 3.80. The first-order chi connectivity index (χ1) is 7.16. The quantitative estimate of drug-likeness (QED) is 0.681. The fraction of sp³-hybridized carbons (Fsp3) is 0.143. The summed E-state index contributed by atoms with van der Waals surface area (Å²) in [5.74, 6) is 0. The SMILES string of the molecule is O=S(=O)(O)C(F)(F)[S+]([O-])c1ccc(Cl)cc1. The van der Waals surface area contributed by atoms with Crippen LogP contribution in [0.15, 0.2) is 29.2 Å². The first-order valence-corrected chi connectivity index (χ1v) is 6.65. The second-order valence-electron chi connectivity index (χ2n) is 2.66. The Morgan fingerprint density at radius 3 is 2.12 bits per heavy atom. The molecule has 0 radical (unpaired) electrons. The highest BCUT2D eigenvalue weighted by Crippen LogP contribution is 2.33. The number of hydrogen-bond acceptors (Lipinski definition) is 3. The van der Waals surface area contributed by atoms with E-state index in [0.29, 0.717) is 0 Å². The van der Waals surface area contributed by atoms with Crippen molar-refractivity contribution in [3.63, 3.8) is 0 Å². The van der Waals surface area contributed by atoms with Gasteiger partial charge in [-0.15, -0.1) is 8.78 Å².